The highest BCUT2D eigenvalue weighted by atomic mass is 16.5. The Morgan fingerprint density at radius 1 is 1.25 bits per heavy atom. The molecule has 2 fully saturated rings. The normalized spacial score (nSPS) is 33.8. The van der Waals surface area contributed by atoms with Crippen molar-refractivity contribution in [2.24, 2.45) is 5.92 Å². The average Bonchev–Trinajstić information content (AvgIpc) is 2.87. The van der Waals surface area contributed by atoms with E-state index < -0.39 is 0 Å². The molecule has 2 rings (SSSR count). The summed E-state index contributed by atoms with van der Waals surface area (Å²) >= 11 is 0. The Balaban J connectivity index is 1.73. The maximum absolute atomic E-state index is 5.45. The highest BCUT2D eigenvalue weighted by Crippen LogP contribution is 2.19. The molecule has 2 aliphatic heterocycles. The van der Waals surface area contributed by atoms with Crippen molar-refractivity contribution in [1.82, 2.24) is 10.2 Å². The summed E-state index contributed by atoms with van der Waals surface area (Å²) in [6.45, 7) is 11.3. The summed E-state index contributed by atoms with van der Waals surface area (Å²) in [6, 6.07) is 1.99. The third kappa shape index (κ3) is 2.96. The molecule has 2 aliphatic rings. The minimum Gasteiger partial charge on any atom is -0.381 e. The highest BCUT2D eigenvalue weighted by molar-refractivity contribution is 4.86. The first-order valence-electron chi connectivity index (χ1n) is 6.74. The molecule has 3 heteroatoms. The standard InChI is InChI=1S/C13H26N2O/c1-10(2)15-6-4-13(8-15)14-11(3)12-5-7-16-9-12/h10-14H,4-9H2,1-3H3. The van der Waals surface area contributed by atoms with Crippen LogP contribution in [0.25, 0.3) is 0 Å². The van der Waals surface area contributed by atoms with Crippen LogP contribution in [0.2, 0.25) is 0 Å². The molecule has 94 valence electrons. The molecule has 1 N–H and O–H groups in total. The van der Waals surface area contributed by atoms with E-state index in [0.29, 0.717) is 18.1 Å². The SMILES string of the molecule is CC(NC1CCN(C(C)C)C1)C1CCOC1. The van der Waals surface area contributed by atoms with Gasteiger partial charge in [-0.05, 0) is 46.1 Å². The zero-order chi connectivity index (χ0) is 11.5. The van der Waals surface area contributed by atoms with E-state index in [1.807, 2.05) is 0 Å². The predicted molar refractivity (Wildman–Crippen MR) is 66.6 cm³/mol. The van der Waals surface area contributed by atoms with Crippen molar-refractivity contribution in [1.29, 1.82) is 0 Å². The number of nitrogens with one attached hydrogen (secondary N) is 1. The Labute approximate surface area is 99.5 Å². The van der Waals surface area contributed by atoms with E-state index in [4.69, 9.17) is 4.74 Å². The van der Waals surface area contributed by atoms with E-state index in [1.165, 1.54) is 25.9 Å². The Morgan fingerprint density at radius 2 is 2.06 bits per heavy atom. The number of rotatable bonds is 4. The van der Waals surface area contributed by atoms with Crippen molar-refractivity contribution in [3.8, 4) is 0 Å². The van der Waals surface area contributed by atoms with Crippen LogP contribution in [-0.4, -0.2) is 49.3 Å². The van der Waals surface area contributed by atoms with Crippen LogP contribution in [-0.2, 0) is 4.74 Å². The van der Waals surface area contributed by atoms with E-state index >= 15 is 0 Å². The molecule has 3 unspecified atom stereocenters. The zero-order valence-corrected chi connectivity index (χ0v) is 10.9. The van der Waals surface area contributed by atoms with E-state index in [0.717, 1.165) is 19.1 Å². The van der Waals surface area contributed by atoms with E-state index in [1.54, 1.807) is 0 Å². The summed E-state index contributed by atoms with van der Waals surface area (Å²) in [5.41, 5.74) is 0. The smallest absolute Gasteiger partial charge is 0.0509 e. The van der Waals surface area contributed by atoms with Gasteiger partial charge in [0.15, 0.2) is 0 Å². The Kier molecular flexibility index (Phi) is 4.22. The van der Waals surface area contributed by atoms with Gasteiger partial charge in [-0.3, -0.25) is 4.90 Å². The second-order valence-electron chi connectivity index (χ2n) is 5.65. The first kappa shape index (κ1) is 12.3. The average molecular weight is 226 g/mol. The number of likely N-dealkylation sites (tertiary alicyclic amines) is 1. The maximum atomic E-state index is 5.45. The van der Waals surface area contributed by atoms with Crippen molar-refractivity contribution in [3.63, 3.8) is 0 Å². The molecular formula is C13H26N2O. The fraction of sp³-hybridized carbons (Fsp3) is 1.00. The van der Waals surface area contributed by atoms with E-state index in [2.05, 4.69) is 31.0 Å². The first-order chi connectivity index (χ1) is 7.66. The van der Waals surface area contributed by atoms with Crippen LogP contribution in [0.1, 0.15) is 33.6 Å². The Morgan fingerprint density at radius 3 is 2.62 bits per heavy atom. The van der Waals surface area contributed by atoms with Gasteiger partial charge in [0.25, 0.3) is 0 Å². The molecule has 16 heavy (non-hydrogen) atoms. The lowest BCUT2D eigenvalue weighted by atomic mass is 10.00. The second kappa shape index (κ2) is 5.48. The van der Waals surface area contributed by atoms with Gasteiger partial charge >= 0.3 is 0 Å². The minimum atomic E-state index is 0.611. The van der Waals surface area contributed by atoms with Crippen LogP contribution < -0.4 is 5.32 Å². The van der Waals surface area contributed by atoms with Crippen LogP contribution in [0, 0.1) is 5.92 Å². The van der Waals surface area contributed by atoms with E-state index in [-0.39, 0.29) is 0 Å². The van der Waals surface area contributed by atoms with Crippen LogP contribution in [0.4, 0.5) is 0 Å². The number of ether oxygens (including phenoxy) is 1. The minimum absolute atomic E-state index is 0.611. The van der Waals surface area contributed by atoms with Crippen molar-refractivity contribution < 1.29 is 4.74 Å². The topological polar surface area (TPSA) is 24.5 Å². The van der Waals surface area contributed by atoms with Gasteiger partial charge in [0.2, 0.25) is 0 Å². The lowest BCUT2D eigenvalue weighted by Crippen LogP contribution is -2.43. The molecule has 3 nitrogen and oxygen atoms in total. The van der Waals surface area contributed by atoms with Crippen molar-refractivity contribution >= 4 is 0 Å². The lowest BCUT2D eigenvalue weighted by Gasteiger charge is -2.25. The number of nitrogens with zero attached hydrogens (tertiary/aromatic N) is 1. The highest BCUT2D eigenvalue weighted by Gasteiger charge is 2.28. The zero-order valence-electron chi connectivity index (χ0n) is 10.9. The van der Waals surface area contributed by atoms with Gasteiger partial charge < -0.3 is 10.1 Å². The molecule has 3 atom stereocenters. The predicted octanol–water partition coefficient (Wildman–Crippen LogP) is 1.48. The van der Waals surface area contributed by atoms with Crippen molar-refractivity contribution in [3.05, 3.63) is 0 Å². The molecule has 0 spiro atoms. The molecule has 0 saturated carbocycles. The molecule has 0 aliphatic carbocycles. The maximum Gasteiger partial charge on any atom is 0.0509 e. The van der Waals surface area contributed by atoms with Gasteiger partial charge in [0, 0.05) is 31.3 Å². The lowest BCUT2D eigenvalue weighted by molar-refractivity contribution is 0.176. The summed E-state index contributed by atoms with van der Waals surface area (Å²) in [7, 11) is 0. The summed E-state index contributed by atoms with van der Waals surface area (Å²) in [5, 5.41) is 3.78. The Bertz CT molecular complexity index is 214. The van der Waals surface area contributed by atoms with Gasteiger partial charge in [0.05, 0.1) is 6.61 Å². The number of hydrogen-bond donors (Lipinski definition) is 1. The molecule has 0 aromatic heterocycles. The largest absolute Gasteiger partial charge is 0.381 e. The first-order valence-corrected chi connectivity index (χ1v) is 6.74. The third-order valence-corrected chi connectivity index (χ3v) is 4.12. The van der Waals surface area contributed by atoms with Crippen molar-refractivity contribution in [2.75, 3.05) is 26.3 Å². The molecule has 0 amide bonds. The van der Waals surface area contributed by atoms with Gasteiger partial charge in [0.1, 0.15) is 0 Å². The second-order valence-corrected chi connectivity index (χ2v) is 5.65. The molecule has 2 saturated heterocycles. The molecular weight excluding hydrogens is 200 g/mol. The molecule has 0 aromatic carbocycles. The molecule has 2 heterocycles. The van der Waals surface area contributed by atoms with Crippen LogP contribution in [0.3, 0.4) is 0 Å². The summed E-state index contributed by atoms with van der Waals surface area (Å²) in [5.74, 6) is 0.730. The van der Waals surface area contributed by atoms with Gasteiger partial charge in [-0.2, -0.15) is 0 Å². The fourth-order valence-electron chi connectivity index (χ4n) is 2.85. The van der Waals surface area contributed by atoms with Crippen molar-refractivity contribution in [2.45, 2.75) is 51.7 Å². The monoisotopic (exact) mass is 226 g/mol. The number of hydrogen-bond acceptors (Lipinski definition) is 3. The third-order valence-electron chi connectivity index (χ3n) is 4.12. The summed E-state index contributed by atoms with van der Waals surface area (Å²) in [6.07, 6.45) is 2.53. The molecule has 0 aromatic rings. The summed E-state index contributed by atoms with van der Waals surface area (Å²) < 4.78 is 5.45. The van der Waals surface area contributed by atoms with Gasteiger partial charge in [-0.1, -0.05) is 0 Å². The molecule has 0 radical (unpaired) electrons. The quantitative estimate of drug-likeness (QED) is 0.786. The van der Waals surface area contributed by atoms with Gasteiger partial charge in [-0.25, -0.2) is 0 Å². The van der Waals surface area contributed by atoms with Gasteiger partial charge in [-0.15, -0.1) is 0 Å². The summed E-state index contributed by atoms with van der Waals surface area (Å²) in [4.78, 5) is 2.57. The van der Waals surface area contributed by atoms with Crippen LogP contribution >= 0.6 is 0 Å². The van der Waals surface area contributed by atoms with E-state index in [9.17, 15) is 0 Å². The fourth-order valence-corrected chi connectivity index (χ4v) is 2.85. The van der Waals surface area contributed by atoms with Crippen LogP contribution in [0.15, 0.2) is 0 Å². The van der Waals surface area contributed by atoms with Crippen LogP contribution in [0.5, 0.6) is 0 Å². The Hall–Kier alpha value is -0.120. The molecule has 0 bridgehead atoms.